The number of pyridine rings is 4. The van der Waals surface area contributed by atoms with Crippen LogP contribution in [-0.4, -0.2) is 95.4 Å². The van der Waals surface area contributed by atoms with Gasteiger partial charge in [-0.25, -0.2) is 6.61 Å². The van der Waals surface area contributed by atoms with E-state index in [0.29, 0.717) is 19.6 Å². The summed E-state index contributed by atoms with van der Waals surface area (Å²) in [5.41, 5.74) is 5.89. The van der Waals surface area contributed by atoms with Gasteiger partial charge in [0.05, 0.1) is 17.9 Å². The molecule has 0 aromatic carbocycles. The Morgan fingerprint density at radius 3 is 1.28 bits per heavy atom. The summed E-state index contributed by atoms with van der Waals surface area (Å²) >= 11 is 0. The minimum Gasteiger partial charge on any atom is -0.668 e. The van der Waals surface area contributed by atoms with Crippen LogP contribution in [0, 0.1) is 20.5 Å². The van der Waals surface area contributed by atoms with E-state index in [-0.39, 0.29) is 34.1 Å². The molecule has 403 valence electrons. The van der Waals surface area contributed by atoms with E-state index < -0.39 is 49.4 Å². The van der Waals surface area contributed by atoms with Crippen molar-refractivity contribution in [3.05, 3.63) is 145 Å². The van der Waals surface area contributed by atoms with Crippen molar-refractivity contribution in [3.8, 4) is 0 Å². The fourth-order valence-corrected chi connectivity index (χ4v) is 30.6. The molecule has 0 bridgehead atoms. The molecule has 5 rings (SSSR count). The van der Waals surface area contributed by atoms with Crippen molar-refractivity contribution < 1.29 is 43.6 Å². The van der Waals surface area contributed by atoms with Crippen molar-refractivity contribution in [3.63, 3.8) is 0 Å². The Morgan fingerprint density at radius 2 is 0.972 bits per heavy atom. The summed E-state index contributed by atoms with van der Waals surface area (Å²) in [6.07, 6.45) is 7.72. The second kappa shape index (κ2) is 40.7. The standard InChI is InChI=1S/C13H14N3.C13H13N3.3C6H18NSi2.C4H7O.C4H10O.2Fe/c2*1-11-5-4-7-13(16-11)10-14-9-12-6-2-3-8-15-12;3*1-8(2,3)7-9(4,5)6;1-2-4-5-3-1;1-3-5-4-2;;/h2-8H,9-10H2,1H3;2-8,10H,9H2,1H3;3*1-6H3;3H,1-2,4H2;3-4H2,1-2H3;;/q-1;;4*-1;;+2;+3. The smallest absolute Gasteiger partial charge is 0.668 e. The van der Waals surface area contributed by atoms with Crippen LogP contribution >= 0.6 is 0 Å². The third-order valence-corrected chi connectivity index (χ3v) is 23.6. The molecule has 0 atom stereocenters. The van der Waals surface area contributed by atoms with Crippen molar-refractivity contribution in [2.24, 2.45) is 4.99 Å². The second-order valence-electron chi connectivity index (χ2n) is 22.4. The number of hydrogen-bond donors (Lipinski definition) is 0. The number of hydrogen-bond acceptors (Lipinski definition) is 7. The Kier molecular flexibility index (Phi) is 43.4. The van der Waals surface area contributed by atoms with Crippen LogP contribution < -0.4 is 0 Å². The molecule has 11 nitrogen and oxygen atoms in total. The van der Waals surface area contributed by atoms with E-state index in [2.05, 4.69) is 148 Å². The number of rotatable bonds is 15. The summed E-state index contributed by atoms with van der Waals surface area (Å²) < 4.78 is 24.1. The average molecular weight is 1160 g/mol. The molecule has 19 heteroatoms. The van der Waals surface area contributed by atoms with E-state index in [1.807, 2.05) is 107 Å². The molecule has 1 radical (unpaired) electrons. The molecule has 1 aliphatic heterocycles. The molecule has 4 aromatic heterocycles. The SMILES string of the molecule is CCOCC.C[Si](C)(C)[N-][Si](C)(C)C.C[Si](C)(C)[N-][Si](C)(C)C.C[Si](C)(C)[N-][Si](C)(C)C.Cc1cccc(C=NCc2ccccn2)n1.Cc1cccc(C[N-]Cc2ccccn2)n1.[CH-]1CCCO1.[Fe+2].[Fe+3]. The second-order valence-corrected chi connectivity index (χ2v) is 51.2. The topological polar surface area (TPSA) is 139 Å². The maximum Gasteiger partial charge on any atom is 3.00 e. The number of aromatic nitrogens is 4. The molecule has 0 unspecified atom stereocenters. The monoisotopic (exact) mass is 1160 g/mol. The molecule has 4 aromatic rings. The van der Waals surface area contributed by atoms with Gasteiger partial charge in [0.25, 0.3) is 0 Å². The van der Waals surface area contributed by atoms with Gasteiger partial charge in [0.2, 0.25) is 0 Å². The van der Waals surface area contributed by atoms with Gasteiger partial charge in [-0.2, -0.15) is 6.42 Å². The van der Waals surface area contributed by atoms with Crippen LogP contribution in [-0.2, 0) is 63.2 Å². The van der Waals surface area contributed by atoms with E-state index >= 15 is 0 Å². The van der Waals surface area contributed by atoms with Crippen molar-refractivity contribution in [1.29, 1.82) is 0 Å². The first kappa shape index (κ1) is 75.9. The van der Waals surface area contributed by atoms with Gasteiger partial charge in [0.15, 0.2) is 0 Å². The summed E-state index contributed by atoms with van der Waals surface area (Å²) in [5.74, 6) is 0. The molecule has 1 saturated heterocycles. The zero-order valence-corrected chi connectivity index (χ0v) is 56.7. The third-order valence-electron chi connectivity index (χ3n) is 7.46. The summed E-state index contributed by atoms with van der Waals surface area (Å²) in [6.45, 7) is 55.7. The molecule has 71 heavy (non-hydrogen) atoms. The van der Waals surface area contributed by atoms with Gasteiger partial charge in [-0.1, -0.05) is 198 Å². The molecular weight excluding hydrogens is 1060 g/mol. The predicted octanol–water partition coefficient (Wildman–Crippen LogP) is 16.3. The Morgan fingerprint density at radius 1 is 0.563 bits per heavy atom. The fourth-order valence-electron chi connectivity index (χ4n) is 6.46. The van der Waals surface area contributed by atoms with E-state index in [1.54, 1.807) is 18.6 Å². The van der Waals surface area contributed by atoms with Crippen LogP contribution in [0.1, 0.15) is 60.9 Å². The molecule has 1 aliphatic rings. The van der Waals surface area contributed by atoms with E-state index in [9.17, 15) is 0 Å². The largest absolute Gasteiger partial charge is 3.00 e. The van der Waals surface area contributed by atoms with Crippen LogP contribution in [0.15, 0.2) is 90.2 Å². The van der Waals surface area contributed by atoms with Gasteiger partial charge in [-0.3, -0.25) is 24.9 Å². The molecule has 5 heterocycles. The number of aryl methyl sites for hydroxylation is 2. The van der Waals surface area contributed by atoms with Crippen LogP contribution in [0.5, 0.6) is 0 Å². The van der Waals surface area contributed by atoms with Gasteiger partial charge in [-0.05, 0) is 76.2 Å². The summed E-state index contributed by atoms with van der Waals surface area (Å²) in [6, 6.07) is 23.6. The molecule has 0 saturated carbocycles. The van der Waals surface area contributed by atoms with Gasteiger partial charge >= 0.3 is 34.1 Å². The first-order chi connectivity index (χ1) is 31.7. The number of aliphatic imine (C=N–C) groups is 1. The third kappa shape index (κ3) is 59.1. The molecule has 0 N–H and O–H groups in total. The van der Waals surface area contributed by atoms with Crippen molar-refractivity contribution in [1.82, 2.24) is 19.9 Å². The Labute approximate surface area is 463 Å². The van der Waals surface area contributed by atoms with Crippen LogP contribution in [0.25, 0.3) is 19.3 Å². The van der Waals surface area contributed by atoms with Gasteiger partial charge < -0.3 is 28.7 Å². The van der Waals surface area contributed by atoms with Crippen molar-refractivity contribution in [2.45, 2.75) is 178 Å². The number of ether oxygens (including phenoxy) is 2. The summed E-state index contributed by atoms with van der Waals surface area (Å²) in [5, 5.41) is 4.43. The quantitative estimate of drug-likeness (QED) is 0.0660. The van der Waals surface area contributed by atoms with Crippen molar-refractivity contribution >= 4 is 55.6 Å². The van der Waals surface area contributed by atoms with Crippen molar-refractivity contribution in [2.75, 3.05) is 19.8 Å². The van der Waals surface area contributed by atoms with Gasteiger partial charge in [0, 0.05) is 61.2 Å². The normalized spacial score (nSPS) is 12.4. The van der Waals surface area contributed by atoms with E-state index in [0.717, 1.165) is 60.4 Å². The summed E-state index contributed by atoms with van der Waals surface area (Å²) in [4.78, 5) is 21.4. The molecule has 0 aliphatic carbocycles. The zero-order chi connectivity index (χ0) is 53.2. The predicted molar refractivity (Wildman–Crippen MR) is 320 cm³/mol. The fraction of sp³-hybridized carbons (Fsp3) is 0.577. The van der Waals surface area contributed by atoms with Gasteiger partial charge in [-0.15, -0.1) is 13.1 Å². The number of nitrogens with zero attached hydrogens (tertiary/aromatic N) is 9. The minimum atomic E-state index is -1.11. The Hall–Kier alpha value is -1.63. The zero-order valence-electron chi connectivity index (χ0n) is 48.4. The van der Waals surface area contributed by atoms with Crippen LogP contribution in [0.2, 0.25) is 118 Å². The molecular formula is C52H98Fe2N9O2Si6. The summed E-state index contributed by atoms with van der Waals surface area (Å²) in [7, 11) is -6.64. The van der Waals surface area contributed by atoms with Crippen LogP contribution in [0.3, 0.4) is 0 Å². The molecule has 1 fully saturated rings. The maximum atomic E-state index is 4.83. The average Bonchev–Trinajstić information content (AvgIpc) is 3.77. The first-order valence-corrected chi connectivity index (χ1v) is 45.4. The molecule has 0 spiro atoms. The Balaban J connectivity index is -0.000000382. The van der Waals surface area contributed by atoms with Crippen LogP contribution in [0.4, 0.5) is 0 Å². The first-order valence-electron chi connectivity index (χ1n) is 24.7. The minimum absolute atomic E-state index is 0. The molecule has 0 amide bonds. The van der Waals surface area contributed by atoms with E-state index in [1.165, 1.54) is 6.42 Å². The van der Waals surface area contributed by atoms with E-state index in [4.69, 9.17) is 23.4 Å². The maximum absolute atomic E-state index is 4.83. The Bertz CT molecular complexity index is 1780. The van der Waals surface area contributed by atoms with Gasteiger partial charge in [0.1, 0.15) is 0 Å².